The summed E-state index contributed by atoms with van der Waals surface area (Å²) in [5, 5.41) is 0. The van der Waals surface area contributed by atoms with E-state index in [4.69, 9.17) is 0 Å². The van der Waals surface area contributed by atoms with Crippen molar-refractivity contribution >= 4 is 0 Å². The van der Waals surface area contributed by atoms with Gasteiger partial charge in [-0.15, -0.1) is 0 Å². The Hall–Kier alpha value is -0.0400. The minimum atomic E-state index is 1.37. The Morgan fingerprint density at radius 2 is 0.952 bits per heavy atom. The van der Waals surface area contributed by atoms with E-state index in [-0.39, 0.29) is 0 Å². The number of nitrogens with zero attached hydrogens (tertiary/aromatic N) is 1. The van der Waals surface area contributed by atoms with Gasteiger partial charge >= 0.3 is 0 Å². The standard InChI is InChI=1S/C20H42N/c1-3-4-5-6-7-8-9-10-11-12-13-14-15-18-21(2)19-16-17-20-21/h3-20H2,1-2H3/q+1. The molecule has 0 aromatic heterocycles. The van der Waals surface area contributed by atoms with Crippen LogP contribution in [0.25, 0.3) is 0 Å². The molecule has 0 N–H and O–H groups in total. The van der Waals surface area contributed by atoms with Gasteiger partial charge in [0.05, 0.1) is 26.7 Å². The molecule has 1 aliphatic heterocycles. The molecule has 1 nitrogen and oxygen atoms in total. The SMILES string of the molecule is CCCCCCCCCCCCCCC[N+]1(C)CCCC1. The van der Waals surface area contributed by atoms with Gasteiger partial charge in [0.1, 0.15) is 0 Å². The fourth-order valence-electron chi connectivity index (χ4n) is 3.83. The number of quaternary nitrogens is 1. The van der Waals surface area contributed by atoms with Crippen molar-refractivity contribution in [3.63, 3.8) is 0 Å². The van der Waals surface area contributed by atoms with Crippen LogP contribution in [0.3, 0.4) is 0 Å². The summed E-state index contributed by atoms with van der Waals surface area (Å²) < 4.78 is 1.37. The molecule has 0 saturated carbocycles. The molecule has 126 valence electrons. The van der Waals surface area contributed by atoms with Crippen LogP contribution in [0.2, 0.25) is 0 Å². The van der Waals surface area contributed by atoms with Crippen molar-refractivity contribution in [3.8, 4) is 0 Å². The Bertz CT molecular complexity index is 218. The number of unbranched alkanes of at least 4 members (excludes halogenated alkanes) is 12. The smallest absolute Gasteiger partial charge is 0.0786 e. The predicted molar refractivity (Wildman–Crippen MR) is 95.7 cm³/mol. The molecule has 1 heterocycles. The lowest BCUT2D eigenvalue weighted by Crippen LogP contribution is -2.41. The monoisotopic (exact) mass is 296 g/mol. The van der Waals surface area contributed by atoms with E-state index in [0.29, 0.717) is 0 Å². The lowest BCUT2D eigenvalue weighted by Gasteiger charge is -2.29. The van der Waals surface area contributed by atoms with Crippen LogP contribution in [-0.2, 0) is 0 Å². The quantitative estimate of drug-likeness (QED) is 0.260. The van der Waals surface area contributed by atoms with Crippen molar-refractivity contribution in [2.75, 3.05) is 26.7 Å². The fraction of sp³-hybridized carbons (Fsp3) is 1.00. The number of hydrogen-bond acceptors (Lipinski definition) is 0. The van der Waals surface area contributed by atoms with Gasteiger partial charge in [-0.25, -0.2) is 0 Å². The summed E-state index contributed by atoms with van der Waals surface area (Å²) in [5.74, 6) is 0. The Morgan fingerprint density at radius 1 is 0.571 bits per heavy atom. The minimum absolute atomic E-state index is 1.37. The molecule has 0 aromatic rings. The van der Waals surface area contributed by atoms with Crippen molar-refractivity contribution < 1.29 is 4.48 Å². The van der Waals surface area contributed by atoms with E-state index in [0.717, 1.165) is 0 Å². The second-order valence-corrected chi connectivity index (χ2v) is 7.74. The first-order chi connectivity index (χ1) is 10.3. The van der Waals surface area contributed by atoms with Gasteiger partial charge in [0.25, 0.3) is 0 Å². The van der Waals surface area contributed by atoms with Crippen LogP contribution in [0.4, 0.5) is 0 Å². The molecule has 1 saturated heterocycles. The molecule has 21 heavy (non-hydrogen) atoms. The summed E-state index contributed by atoms with van der Waals surface area (Å²) >= 11 is 0. The van der Waals surface area contributed by atoms with Crippen LogP contribution in [0, 0.1) is 0 Å². The Morgan fingerprint density at radius 3 is 1.38 bits per heavy atom. The third-order valence-corrected chi connectivity index (χ3v) is 5.45. The zero-order valence-electron chi connectivity index (χ0n) is 15.2. The summed E-state index contributed by atoms with van der Waals surface area (Å²) in [4.78, 5) is 0. The van der Waals surface area contributed by atoms with Gasteiger partial charge in [0, 0.05) is 12.8 Å². The summed E-state index contributed by atoms with van der Waals surface area (Å²) in [7, 11) is 2.47. The van der Waals surface area contributed by atoms with Crippen molar-refractivity contribution in [2.24, 2.45) is 0 Å². The zero-order valence-corrected chi connectivity index (χ0v) is 15.2. The van der Waals surface area contributed by atoms with Crippen LogP contribution < -0.4 is 0 Å². The first-order valence-electron chi connectivity index (χ1n) is 10.1. The Labute approximate surface area is 135 Å². The molecule has 0 bridgehead atoms. The molecule has 0 spiro atoms. The molecular formula is C20H42N+. The lowest BCUT2D eigenvalue weighted by atomic mass is 10.0. The molecule has 1 aliphatic rings. The topological polar surface area (TPSA) is 0 Å². The average molecular weight is 297 g/mol. The van der Waals surface area contributed by atoms with Crippen LogP contribution >= 0.6 is 0 Å². The van der Waals surface area contributed by atoms with Crippen LogP contribution in [0.1, 0.15) is 103 Å². The van der Waals surface area contributed by atoms with Gasteiger partial charge < -0.3 is 4.48 Å². The highest BCUT2D eigenvalue weighted by Gasteiger charge is 2.25. The molecule has 1 fully saturated rings. The van der Waals surface area contributed by atoms with Crippen molar-refractivity contribution in [3.05, 3.63) is 0 Å². The predicted octanol–water partition coefficient (Wildman–Crippen LogP) is 6.32. The minimum Gasteiger partial charge on any atom is -0.326 e. The molecule has 0 atom stereocenters. The van der Waals surface area contributed by atoms with Gasteiger partial charge in [-0.2, -0.15) is 0 Å². The molecule has 0 amide bonds. The second kappa shape index (κ2) is 12.5. The highest BCUT2D eigenvalue weighted by molar-refractivity contribution is 4.53. The van der Waals surface area contributed by atoms with Gasteiger partial charge in [-0.3, -0.25) is 0 Å². The summed E-state index contributed by atoms with van der Waals surface area (Å²) in [6, 6.07) is 0. The zero-order chi connectivity index (χ0) is 15.2. The lowest BCUT2D eigenvalue weighted by molar-refractivity contribution is -0.897. The highest BCUT2D eigenvalue weighted by Crippen LogP contribution is 2.18. The van der Waals surface area contributed by atoms with Crippen LogP contribution in [-0.4, -0.2) is 31.2 Å². The molecule has 1 heteroatoms. The maximum atomic E-state index is 2.47. The summed E-state index contributed by atoms with van der Waals surface area (Å²) in [6.45, 7) is 6.63. The Kier molecular flexibility index (Phi) is 11.3. The van der Waals surface area contributed by atoms with E-state index in [1.165, 1.54) is 120 Å². The average Bonchev–Trinajstić information content (AvgIpc) is 2.91. The van der Waals surface area contributed by atoms with Crippen LogP contribution in [0.15, 0.2) is 0 Å². The van der Waals surface area contributed by atoms with Crippen molar-refractivity contribution in [1.29, 1.82) is 0 Å². The van der Waals surface area contributed by atoms with Crippen molar-refractivity contribution in [2.45, 2.75) is 103 Å². The van der Waals surface area contributed by atoms with E-state index in [9.17, 15) is 0 Å². The van der Waals surface area contributed by atoms with Gasteiger partial charge in [-0.1, -0.05) is 77.6 Å². The highest BCUT2D eigenvalue weighted by atomic mass is 15.3. The molecule has 0 aliphatic carbocycles. The van der Waals surface area contributed by atoms with Crippen LogP contribution in [0.5, 0.6) is 0 Å². The molecule has 0 radical (unpaired) electrons. The van der Waals surface area contributed by atoms with E-state index in [1.807, 2.05) is 0 Å². The van der Waals surface area contributed by atoms with Gasteiger partial charge in [0.2, 0.25) is 0 Å². The summed E-state index contributed by atoms with van der Waals surface area (Å²) in [6.07, 6.45) is 22.0. The van der Waals surface area contributed by atoms with Gasteiger partial charge in [0.15, 0.2) is 0 Å². The molecular weight excluding hydrogens is 254 g/mol. The van der Waals surface area contributed by atoms with E-state index in [1.54, 1.807) is 0 Å². The summed E-state index contributed by atoms with van der Waals surface area (Å²) in [5.41, 5.74) is 0. The maximum Gasteiger partial charge on any atom is 0.0786 e. The maximum absolute atomic E-state index is 2.47. The van der Waals surface area contributed by atoms with E-state index >= 15 is 0 Å². The third kappa shape index (κ3) is 10.3. The molecule has 0 aromatic carbocycles. The largest absolute Gasteiger partial charge is 0.326 e. The first kappa shape index (κ1) is 19.0. The fourth-order valence-corrected chi connectivity index (χ4v) is 3.83. The number of hydrogen-bond donors (Lipinski definition) is 0. The molecule has 1 rings (SSSR count). The Balaban J connectivity index is 1.73. The van der Waals surface area contributed by atoms with E-state index in [2.05, 4.69) is 14.0 Å². The molecule has 0 unspecified atom stereocenters. The number of likely N-dealkylation sites (tertiary alicyclic amines) is 1. The van der Waals surface area contributed by atoms with Gasteiger partial charge in [-0.05, 0) is 12.8 Å². The first-order valence-corrected chi connectivity index (χ1v) is 10.1. The third-order valence-electron chi connectivity index (χ3n) is 5.45. The normalized spacial score (nSPS) is 17.4. The van der Waals surface area contributed by atoms with Crippen molar-refractivity contribution in [1.82, 2.24) is 0 Å². The number of rotatable bonds is 14. The second-order valence-electron chi connectivity index (χ2n) is 7.74. The van der Waals surface area contributed by atoms with E-state index < -0.39 is 0 Å².